The molecule has 3 unspecified atom stereocenters. The van der Waals surface area contributed by atoms with E-state index in [-0.39, 0.29) is 0 Å². The Morgan fingerprint density at radius 1 is 1.14 bits per heavy atom. The summed E-state index contributed by atoms with van der Waals surface area (Å²) in [5.41, 5.74) is 0. The summed E-state index contributed by atoms with van der Waals surface area (Å²) < 4.78 is 0. The van der Waals surface area contributed by atoms with Crippen LogP contribution < -0.4 is 0 Å². The minimum atomic E-state index is 0.970. The van der Waals surface area contributed by atoms with E-state index < -0.39 is 0 Å². The van der Waals surface area contributed by atoms with E-state index in [0.717, 1.165) is 23.7 Å². The van der Waals surface area contributed by atoms with Crippen molar-refractivity contribution < 1.29 is 0 Å². The number of hydrogen-bond acceptors (Lipinski definition) is 0. The van der Waals surface area contributed by atoms with Gasteiger partial charge in [-0.05, 0) is 42.9 Å². The van der Waals surface area contributed by atoms with Crippen LogP contribution >= 0.6 is 0 Å². The van der Waals surface area contributed by atoms with Crippen molar-refractivity contribution in [3.63, 3.8) is 0 Å². The zero-order valence-electron chi connectivity index (χ0n) is 10.6. The van der Waals surface area contributed by atoms with E-state index in [1.54, 1.807) is 0 Å². The Morgan fingerprint density at radius 3 is 2.21 bits per heavy atom. The first kappa shape index (κ1) is 12.1. The van der Waals surface area contributed by atoms with Crippen molar-refractivity contribution >= 4 is 0 Å². The topological polar surface area (TPSA) is 0 Å². The van der Waals surface area contributed by atoms with E-state index in [1.165, 1.54) is 38.5 Å². The Balaban J connectivity index is 2.18. The van der Waals surface area contributed by atoms with Gasteiger partial charge in [0, 0.05) is 0 Å². The lowest BCUT2D eigenvalue weighted by Gasteiger charge is -2.16. The largest absolute Gasteiger partial charge is 0.0654 e. The molecule has 0 aromatic heterocycles. The van der Waals surface area contributed by atoms with Crippen molar-refractivity contribution in [3.05, 3.63) is 0 Å². The van der Waals surface area contributed by atoms with Gasteiger partial charge in [-0.3, -0.25) is 0 Å². The zero-order valence-corrected chi connectivity index (χ0v) is 10.6. The standard InChI is InChI=1S/C14H28/c1-5-6-7-11(2)8-14-9-12(3)13(4)10-14/h11-14H,5-10H2,1-4H3. The molecule has 0 nitrogen and oxygen atoms in total. The highest BCUT2D eigenvalue weighted by Crippen LogP contribution is 2.39. The Hall–Kier alpha value is 0. The highest BCUT2D eigenvalue weighted by molar-refractivity contribution is 4.79. The van der Waals surface area contributed by atoms with Crippen LogP contribution in [0.1, 0.15) is 66.2 Å². The first-order chi connectivity index (χ1) is 6.63. The lowest BCUT2D eigenvalue weighted by atomic mass is 9.90. The highest BCUT2D eigenvalue weighted by Gasteiger charge is 2.28. The third-order valence-electron chi connectivity index (χ3n) is 4.17. The van der Waals surface area contributed by atoms with Gasteiger partial charge in [-0.1, -0.05) is 47.0 Å². The fourth-order valence-electron chi connectivity index (χ4n) is 3.04. The van der Waals surface area contributed by atoms with Crippen LogP contribution in [0.4, 0.5) is 0 Å². The van der Waals surface area contributed by atoms with Gasteiger partial charge in [-0.25, -0.2) is 0 Å². The number of hydrogen-bond donors (Lipinski definition) is 0. The van der Waals surface area contributed by atoms with Crippen LogP contribution in [0.15, 0.2) is 0 Å². The smallest absolute Gasteiger partial charge is 0.0406 e. The van der Waals surface area contributed by atoms with Gasteiger partial charge in [0.05, 0.1) is 0 Å². The number of rotatable bonds is 5. The van der Waals surface area contributed by atoms with Crippen LogP contribution in [-0.4, -0.2) is 0 Å². The molecule has 0 saturated heterocycles. The Morgan fingerprint density at radius 2 is 1.71 bits per heavy atom. The Bertz CT molecular complexity index is 140. The maximum absolute atomic E-state index is 2.45. The monoisotopic (exact) mass is 196 g/mol. The van der Waals surface area contributed by atoms with Gasteiger partial charge >= 0.3 is 0 Å². The van der Waals surface area contributed by atoms with Crippen molar-refractivity contribution in [2.75, 3.05) is 0 Å². The fraction of sp³-hybridized carbons (Fsp3) is 1.00. The normalized spacial score (nSPS) is 34.7. The predicted molar refractivity (Wildman–Crippen MR) is 64.4 cm³/mol. The molecule has 0 aliphatic heterocycles. The average molecular weight is 196 g/mol. The summed E-state index contributed by atoms with van der Waals surface area (Å²) in [6, 6.07) is 0. The van der Waals surface area contributed by atoms with E-state index in [0.29, 0.717) is 0 Å². The van der Waals surface area contributed by atoms with E-state index in [4.69, 9.17) is 0 Å². The van der Waals surface area contributed by atoms with Gasteiger partial charge in [-0.2, -0.15) is 0 Å². The molecule has 84 valence electrons. The van der Waals surface area contributed by atoms with Gasteiger partial charge in [0.25, 0.3) is 0 Å². The lowest BCUT2D eigenvalue weighted by molar-refractivity contribution is 0.363. The second kappa shape index (κ2) is 5.78. The van der Waals surface area contributed by atoms with Gasteiger partial charge in [0.15, 0.2) is 0 Å². The summed E-state index contributed by atoms with van der Waals surface area (Å²) in [6.45, 7) is 9.61. The van der Waals surface area contributed by atoms with Crippen LogP contribution in [-0.2, 0) is 0 Å². The van der Waals surface area contributed by atoms with Crippen molar-refractivity contribution in [2.45, 2.75) is 66.2 Å². The molecule has 0 spiro atoms. The second-order valence-corrected chi connectivity index (χ2v) is 5.78. The van der Waals surface area contributed by atoms with Crippen molar-refractivity contribution in [1.29, 1.82) is 0 Å². The summed E-state index contributed by atoms with van der Waals surface area (Å²) in [4.78, 5) is 0. The molecule has 0 aromatic rings. The maximum Gasteiger partial charge on any atom is -0.0406 e. The molecule has 1 saturated carbocycles. The zero-order chi connectivity index (χ0) is 10.6. The van der Waals surface area contributed by atoms with E-state index in [1.807, 2.05) is 0 Å². The quantitative estimate of drug-likeness (QED) is 0.587. The third-order valence-corrected chi connectivity index (χ3v) is 4.17. The molecule has 0 heterocycles. The maximum atomic E-state index is 2.45. The molecular weight excluding hydrogens is 168 g/mol. The van der Waals surface area contributed by atoms with Crippen LogP contribution in [0.3, 0.4) is 0 Å². The molecular formula is C14H28. The molecule has 1 rings (SSSR count). The van der Waals surface area contributed by atoms with Crippen LogP contribution in [0.2, 0.25) is 0 Å². The fourth-order valence-corrected chi connectivity index (χ4v) is 3.04. The molecule has 0 heteroatoms. The summed E-state index contributed by atoms with van der Waals surface area (Å²) in [5, 5.41) is 0. The summed E-state index contributed by atoms with van der Waals surface area (Å²) in [5.74, 6) is 3.99. The molecule has 0 amide bonds. The SMILES string of the molecule is CCCCC(C)CC1CC(C)C(C)C1. The summed E-state index contributed by atoms with van der Waals surface area (Å²) >= 11 is 0. The molecule has 0 radical (unpaired) electrons. The Labute approximate surface area is 90.5 Å². The third kappa shape index (κ3) is 3.63. The molecule has 3 atom stereocenters. The van der Waals surface area contributed by atoms with Crippen LogP contribution in [0, 0.1) is 23.7 Å². The minimum absolute atomic E-state index is 0.970. The Kier molecular flexibility index (Phi) is 4.98. The van der Waals surface area contributed by atoms with Gasteiger partial charge in [-0.15, -0.1) is 0 Å². The molecule has 1 aliphatic rings. The summed E-state index contributed by atoms with van der Waals surface area (Å²) in [7, 11) is 0. The summed E-state index contributed by atoms with van der Waals surface area (Å²) in [6.07, 6.45) is 8.74. The molecule has 1 fully saturated rings. The molecule has 0 bridgehead atoms. The van der Waals surface area contributed by atoms with E-state index in [2.05, 4.69) is 27.7 Å². The van der Waals surface area contributed by atoms with E-state index in [9.17, 15) is 0 Å². The van der Waals surface area contributed by atoms with E-state index >= 15 is 0 Å². The average Bonchev–Trinajstić information content (AvgIpc) is 2.42. The van der Waals surface area contributed by atoms with Gasteiger partial charge in [0.1, 0.15) is 0 Å². The molecule has 14 heavy (non-hydrogen) atoms. The second-order valence-electron chi connectivity index (χ2n) is 5.78. The predicted octanol–water partition coefficient (Wildman–Crippen LogP) is 4.89. The van der Waals surface area contributed by atoms with Crippen LogP contribution in [0.5, 0.6) is 0 Å². The first-order valence-electron chi connectivity index (χ1n) is 6.63. The van der Waals surface area contributed by atoms with Crippen molar-refractivity contribution in [3.8, 4) is 0 Å². The molecule has 0 aromatic carbocycles. The van der Waals surface area contributed by atoms with Crippen LogP contribution in [0.25, 0.3) is 0 Å². The van der Waals surface area contributed by atoms with Gasteiger partial charge < -0.3 is 0 Å². The first-order valence-corrected chi connectivity index (χ1v) is 6.63. The number of unbranched alkanes of at least 4 members (excludes halogenated alkanes) is 1. The molecule has 1 aliphatic carbocycles. The lowest BCUT2D eigenvalue weighted by Crippen LogP contribution is -2.03. The molecule has 0 N–H and O–H groups in total. The minimum Gasteiger partial charge on any atom is -0.0654 e. The van der Waals surface area contributed by atoms with Gasteiger partial charge in [0.2, 0.25) is 0 Å². The van der Waals surface area contributed by atoms with Crippen molar-refractivity contribution in [1.82, 2.24) is 0 Å². The van der Waals surface area contributed by atoms with Crippen molar-refractivity contribution in [2.24, 2.45) is 23.7 Å². The highest BCUT2D eigenvalue weighted by atomic mass is 14.3.